The third kappa shape index (κ3) is 4.31. The first kappa shape index (κ1) is 14.1. The Labute approximate surface area is 126 Å². The van der Waals surface area contributed by atoms with Crippen LogP contribution in [0.4, 0.5) is 0 Å². The Bertz CT molecular complexity index is 533. The lowest BCUT2D eigenvalue weighted by molar-refractivity contribution is 0.247. The monoisotopic (exact) mass is 282 g/mol. The molecule has 3 nitrogen and oxygen atoms in total. The van der Waals surface area contributed by atoms with Gasteiger partial charge in [0.1, 0.15) is 12.4 Å². The van der Waals surface area contributed by atoms with Crippen molar-refractivity contribution in [1.29, 1.82) is 0 Å². The van der Waals surface area contributed by atoms with Gasteiger partial charge >= 0.3 is 0 Å². The van der Waals surface area contributed by atoms with Gasteiger partial charge in [0.25, 0.3) is 0 Å². The molecule has 0 spiro atoms. The highest BCUT2D eigenvalue weighted by Gasteiger charge is 2.12. The average molecular weight is 282 g/mol. The van der Waals surface area contributed by atoms with Crippen LogP contribution in [-0.2, 0) is 6.42 Å². The van der Waals surface area contributed by atoms with Crippen LogP contribution in [0.2, 0.25) is 0 Å². The Hall–Kier alpha value is -1.84. The van der Waals surface area contributed by atoms with Gasteiger partial charge in [0.2, 0.25) is 0 Å². The van der Waals surface area contributed by atoms with Crippen LogP contribution in [0, 0.1) is 0 Å². The first-order chi connectivity index (χ1) is 10.4. The van der Waals surface area contributed by atoms with Gasteiger partial charge in [-0.3, -0.25) is 0 Å². The minimum Gasteiger partial charge on any atom is -0.492 e. The number of rotatable bonds is 5. The second-order valence-corrected chi connectivity index (χ2v) is 5.47. The average Bonchev–Trinajstić information content (AvgIpc) is 2.56. The van der Waals surface area contributed by atoms with Gasteiger partial charge in [-0.2, -0.15) is 0 Å². The fourth-order valence-corrected chi connectivity index (χ4v) is 2.56. The molecule has 21 heavy (non-hydrogen) atoms. The van der Waals surface area contributed by atoms with E-state index in [1.165, 1.54) is 11.1 Å². The van der Waals surface area contributed by atoms with E-state index in [4.69, 9.17) is 4.74 Å². The van der Waals surface area contributed by atoms with Crippen LogP contribution in [0.1, 0.15) is 11.1 Å². The molecule has 2 N–H and O–H groups in total. The molecule has 2 aromatic rings. The Kier molecular flexibility index (Phi) is 4.87. The number of hydrogen-bond acceptors (Lipinski definition) is 3. The first-order valence-corrected chi connectivity index (χ1v) is 7.60. The van der Waals surface area contributed by atoms with Gasteiger partial charge in [0.15, 0.2) is 0 Å². The molecular weight excluding hydrogens is 260 g/mol. The largest absolute Gasteiger partial charge is 0.492 e. The maximum Gasteiger partial charge on any atom is 0.119 e. The molecule has 0 aromatic heterocycles. The van der Waals surface area contributed by atoms with Crippen molar-refractivity contribution in [2.24, 2.45) is 0 Å². The molecule has 1 atom stereocenters. The van der Waals surface area contributed by atoms with Gasteiger partial charge in [0, 0.05) is 19.6 Å². The number of nitrogens with one attached hydrogen (secondary N) is 2. The first-order valence-electron chi connectivity index (χ1n) is 7.60. The normalized spacial score (nSPS) is 18.4. The van der Waals surface area contributed by atoms with Crippen LogP contribution in [0.15, 0.2) is 54.6 Å². The minimum absolute atomic E-state index is 0.405. The quantitative estimate of drug-likeness (QED) is 0.882. The summed E-state index contributed by atoms with van der Waals surface area (Å²) in [6, 6.07) is 19.4. The predicted molar refractivity (Wildman–Crippen MR) is 85.8 cm³/mol. The molecule has 0 radical (unpaired) electrons. The fourth-order valence-electron chi connectivity index (χ4n) is 2.56. The number of ether oxygens (including phenoxy) is 1. The maximum atomic E-state index is 5.85. The van der Waals surface area contributed by atoms with Crippen molar-refractivity contribution < 1.29 is 4.74 Å². The van der Waals surface area contributed by atoms with Crippen molar-refractivity contribution in [3.8, 4) is 5.75 Å². The van der Waals surface area contributed by atoms with Gasteiger partial charge in [-0.25, -0.2) is 0 Å². The van der Waals surface area contributed by atoms with E-state index in [2.05, 4.69) is 65.2 Å². The molecule has 0 aliphatic carbocycles. The molecule has 1 unspecified atom stereocenters. The molecule has 3 heteroatoms. The molecule has 0 amide bonds. The van der Waals surface area contributed by atoms with Crippen LogP contribution in [-0.4, -0.2) is 32.3 Å². The lowest BCUT2D eigenvalue weighted by Crippen LogP contribution is -2.50. The standard InChI is InChI=1S/C18H22N2O/c1-2-4-15(5-3-1)12-16-6-8-18(9-7-16)21-14-17-13-19-10-11-20-17/h1-9,17,19-20H,10-14H2. The Balaban J connectivity index is 1.51. The molecule has 0 bridgehead atoms. The second-order valence-electron chi connectivity index (χ2n) is 5.47. The lowest BCUT2D eigenvalue weighted by atomic mass is 10.1. The summed E-state index contributed by atoms with van der Waals surface area (Å²) in [7, 11) is 0. The van der Waals surface area contributed by atoms with Gasteiger partial charge in [-0.05, 0) is 29.7 Å². The van der Waals surface area contributed by atoms with Gasteiger partial charge in [-0.1, -0.05) is 42.5 Å². The van der Waals surface area contributed by atoms with Gasteiger partial charge in [0.05, 0.1) is 6.04 Å². The third-order valence-electron chi connectivity index (χ3n) is 3.75. The summed E-state index contributed by atoms with van der Waals surface area (Å²) in [5, 5.41) is 6.81. The molecule has 0 saturated carbocycles. The van der Waals surface area contributed by atoms with Crippen molar-refractivity contribution in [2.75, 3.05) is 26.2 Å². The van der Waals surface area contributed by atoms with Crippen LogP contribution >= 0.6 is 0 Å². The van der Waals surface area contributed by atoms with Crippen LogP contribution in [0.25, 0.3) is 0 Å². The van der Waals surface area contributed by atoms with E-state index >= 15 is 0 Å². The Morgan fingerprint density at radius 1 is 0.905 bits per heavy atom. The lowest BCUT2D eigenvalue weighted by Gasteiger charge is -2.24. The van der Waals surface area contributed by atoms with Crippen molar-refractivity contribution in [3.63, 3.8) is 0 Å². The number of hydrogen-bond donors (Lipinski definition) is 2. The molecular formula is C18H22N2O. The molecule has 2 aromatic carbocycles. The highest BCUT2D eigenvalue weighted by molar-refractivity contribution is 5.31. The van der Waals surface area contributed by atoms with Gasteiger partial charge < -0.3 is 15.4 Å². The van der Waals surface area contributed by atoms with Crippen molar-refractivity contribution >= 4 is 0 Å². The third-order valence-corrected chi connectivity index (χ3v) is 3.75. The highest BCUT2D eigenvalue weighted by atomic mass is 16.5. The minimum atomic E-state index is 0.405. The van der Waals surface area contributed by atoms with E-state index in [-0.39, 0.29) is 0 Å². The summed E-state index contributed by atoms with van der Waals surface area (Å²) >= 11 is 0. The van der Waals surface area contributed by atoms with Crippen LogP contribution in [0.5, 0.6) is 5.75 Å². The number of piperazine rings is 1. The predicted octanol–water partition coefficient (Wildman–Crippen LogP) is 2.22. The van der Waals surface area contributed by atoms with E-state index in [1.54, 1.807) is 0 Å². The molecule has 3 rings (SSSR count). The van der Waals surface area contributed by atoms with Crippen LogP contribution < -0.4 is 15.4 Å². The summed E-state index contributed by atoms with van der Waals surface area (Å²) in [5.41, 5.74) is 2.65. The zero-order valence-electron chi connectivity index (χ0n) is 12.2. The maximum absolute atomic E-state index is 5.85. The summed E-state index contributed by atoms with van der Waals surface area (Å²) < 4.78 is 5.85. The SMILES string of the molecule is c1ccc(Cc2ccc(OCC3CNCCN3)cc2)cc1. The molecule has 1 aliphatic rings. The summed E-state index contributed by atoms with van der Waals surface area (Å²) in [5.74, 6) is 0.944. The van der Waals surface area contributed by atoms with Crippen LogP contribution in [0.3, 0.4) is 0 Å². The molecule has 1 aliphatic heterocycles. The van der Waals surface area contributed by atoms with E-state index < -0.39 is 0 Å². The van der Waals surface area contributed by atoms with E-state index in [9.17, 15) is 0 Å². The Morgan fingerprint density at radius 3 is 2.38 bits per heavy atom. The zero-order chi connectivity index (χ0) is 14.3. The van der Waals surface area contributed by atoms with E-state index in [0.717, 1.165) is 31.8 Å². The zero-order valence-corrected chi connectivity index (χ0v) is 12.2. The molecule has 1 saturated heterocycles. The summed E-state index contributed by atoms with van der Waals surface area (Å²) in [6.45, 7) is 3.76. The summed E-state index contributed by atoms with van der Waals surface area (Å²) in [4.78, 5) is 0. The van der Waals surface area contributed by atoms with Crippen molar-refractivity contribution in [3.05, 3.63) is 65.7 Å². The van der Waals surface area contributed by atoms with Gasteiger partial charge in [-0.15, -0.1) is 0 Å². The fraction of sp³-hybridized carbons (Fsp3) is 0.333. The number of benzene rings is 2. The molecule has 1 fully saturated rings. The van der Waals surface area contributed by atoms with E-state index in [0.29, 0.717) is 12.6 Å². The molecule has 110 valence electrons. The highest BCUT2D eigenvalue weighted by Crippen LogP contribution is 2.15. The van der Waals surface area contributed by atoms with Crippen molar-refractivity contribution in [1.82, 2.24) is 10.6 Å². The smallest absolute Gasteiger partial charge is 0.119 e. The second kappa shape index (κ2) is 7.25. The van der Waals surface area contributed by atoms with E-state index in [1.807, 2.05) is 0 Å². The molecule has 1 heterocycles. The Morgan fingerprint density at radius 2 is 1.67 bits per heavy atom. The topological polar surface area (TPSA) is 33.3 Å². The summed E-state index contributed by atoms with van der Waals surface area (Å²) in [6.07, 6.45) is 0.967. The van der Waals surface area contributed by atoms with Crippen molar-refractivity contribution in [2.45, 2.75) is 12.5 Å².